The smallest absolute Gasteiger partial charge is 0.262 e. The van der Waals surface area contributed by atoms with Crippen molar-refractivity contribution in [2.24, 2.45) is 0 Å². The molecule has 1 aromatic heterocycles. The lowest BCUT2D eigenvalue weighted by Gasteiger charge is -2.32. The molecule has 1 N–H and O–H groups in total. The molecule has 1 amide bonds. The quantitative estimate of drug-likeness (QED) is 0.520. The zero-order chi connectivity index (χ0) is 23.8. The third-order valence-electron chi connectivity index (χ3n) is 5.61. The molecule has 8 heteroatoms. The molecule has 1 aliphatic heterocycles. The SMILES string of the molecule is CCCOc1ccc(OCC(=O)Nc2ccc(-c3ccc(N4CCN(C)CC4)nn3)cc2)cc1. The molecule has 178 valence electrons. The number of hydrogen-bond donors (Lipinski definition) is 1. The van der Waals surface area contributed by atoms with Crippen molar-refractivity contribution >= 4 is 17.4 Å². The summed E-state index contributed by atoms with van der Waals surface area (Å²) in [5.41, 5.74) is 2.44. The van der Waals surface area contributed by atoms with E-state index < -0.39 is 0 Å². The average Bonchev–Trinajstić information content (AvgIpc) is 2.88. The summed E-state index contributed by atoms with van der Waals surface area (Å²) in [6.07, 6.45) is 0.954. The summed E-state index contributed by atoms with van der Waals surface area (Å²) < 4.78 is 11.1. The summed E-state index contributed by atoms with van der Waals surface area (Å²) >= 11 is 0. The Morgan fingerprint density at radius 1 is 0.882 bits per heavy atom. The molecule has 1 aliphatic rings. The molecule has 0 bridgehead atoms. The molecule has 0 saturated carbocycles. The molecule has 0 atom stereocenters. The minimum absolute atomic E-state index is 0.0733. The molecular weight excluding hydrogens is 430 g/mol. The summed E-state index contributed by atoms with van der Waals surface area (Å²) in [7, 11) is 2.13. The van der Waals surface area contributed by atoms with Gasteiger partial charge in [-0.3, -0.25) is 4.79 Å². The number of amides is 1. The number of nitrogens with one attached hydrogen (secondary N) is 1. The van der Waals surface area contributed by atoms with Crippen molar-refractivity contribution in [1.29, 1.82) is 0 Å². The first kappa shape index (κ1) is 23.5. The van der Waals surface area contributed by atoms with E-state index in [0.29, 0.717) is 18.0 Å². The second-order valence-electron chi connectivity index (χ2n) is 8.30. The first-order valence-corrected chi connectivity index (χ1v) is 11.6. The topological polar surface area (TPSA) is 79.8 Å². The predicted octanol–water partition coefficient (Wildman–Crippen LogP) is 3.70. The highest BCUT2D eigenvalue weighted by atomic mass is 16.5. The van der Waals surface area contributed by atoms with Crippen molar-refractivity contribution in [3.63, 3.8) is 0 Å². The maximum Gasteiger partial charge on any atom is 0.262 e. The van der Waals surface area contributed by atoms with Crippen molar-refractivity contribution in [3.05, 3.63) is 60.7 Å². The predicted molar refractivity (Wildman–Crippen MR) is 134 cm³/mol. The molecule has 3 aromatic rings. The van der Waals surface area contributed by atoms with Crippen molar-refractivity contribution in [2.45, 2.75) is 13.3 Å². The van der Waals surface area contributed by atoms with Crippen LogP contribution in [-0.4, -0.2) is 67.4 Å². The van der Waals surface area contributed by atoms with Gasteiger partial charge in [-0.1, -0.05) is 19.1 Å². The van der Waals surface area contributed by atoms with Crippen LogP contribution in [0.4, 0.5) is 11.5 Å². The molecule has 0 spiro atoms. The second kappa shape index (κ2) is 11.5. The minimum atomic E-state index is -0.226. The van der Waals surface area contributed by atoms with Gasteiger partial charge in [0.25, 0.3) is 5.91 Å². The van der Waals surface area contributed by atoms with Gasteiger partial charge < -0.3 is 24.6 Å². The van der Waals surface area contributed by atoms with Crippen LogP contribution in [0.15, 0.2) is 60.7 Å². The van der Waals surface area contributed by atoms with E-state index in [0.717, 1.165) is 55.4 Å². The number of hydrogen-bond acceptors (Lipinski definition) is 7. The molecule has 8 nitrogen and oxygen atoms in total. The largest absolute Gasteiger partial charge is 0.494 e. The van der Waals surface area contributed by atoms with Crippen LogP contribution in [0.25, 0.3) is 11.3 Å². The Kier molecular flexibility index (Phi) is 7.93. The lowest BCUT2D eigenvalue weighted by Crippen LogP contribution is -2.44. The van der Waals surface area contributed by atoms with E-state index in [9.17, 15) is 4.79 Å². The Morgan fingerprint density at radius 3 is 2.18 bits per heavy atom. The molecule has 0 unspecified atom stereocenters. The van der Waals surface area contributed by atoms with Gasteiger partial charge >= 0.3 is 0 Å². The number of carbonyl (C=O) groups excluding carboxylic acids is 1. The fraction of sp³-hybridized carbons (Fsp3) is 0.346. The van der Waals surface area contributed by atoms with Crippen molar-refractivity contribution in [3.8, 4) is 22.8 Å². The van der Waals surface area contributed by atoms with E-state index in [1.165, 1.54) is 0 Å². The fourth-order valence-corrected chi connectivity index (χ4v) is 3.61. The van der Waals surface area contributed by atoms with Crippen LogP contribution in [0.3, 0.4) is 0 Å². The highest BCUT2D eigenvalue weighted by molar-refractivity contribution is 5.92. The average molecular weight is 462 g/mol. The number of likely N-dealkylation sites (N-methyl/N-ethyl adjacent to an activating group) is 1. The monoisotopic (exact) mass is 461 g/mol. The number of piperazine rings is 1. The summed E-state index contributed by atoms with van der Waals surface area (Å²) in [5.74, 6) is 2.09. The van der Waals surface area contributed by atoms with E-state index in [2.05, 4.69) is 39.3 Å². The third kappa shape index (κ3) is 6.45. The molecule has 1 fully saturated rings. The number of anilines is 2. The summed E-state index contributed by atoms with van der Waals surface area (Å²) in [5, 5.41) is 11.7. The van der Waals surface area contributed by atoms with Gasteiger partial charge in [0.05, 0.1) is 12.3 Å². The van der Waals surface area contributed by atoms with E-state index >= 15 is 0 Å². The molecule has 34 heavy (non-hydrogen) atoms. The van der Waals surface area contributed by atoms with E-state index in [1.54, 1.807) is 12.1 Å². The standard InChI is InChI=1S/C26H31N5O3/c1-3-18-33-22-8-10-23(11-9-22)34-19-26(32)27-21-6-4-20(5-7-21)24-12-13-25(29-28-24)31-16-14-30(2)15-17-31/h4-13H,3,14-19H2,1-2H3,(H,27,32). The first-order valence-electron chi connectivity index (χ1n) is 11.6. The van der Waals surface area contributed by atoms with Gasteiger partial charge in [0, 0.05) is 37.4 Å². The lowest BCUT2D eigenvalue weighted by atomic mass is 10.1. The molecule has 2 heterocycles. The molecule has 0 radical (unpaired) electrons. The summed E-state index contributed by atoms with van der Waals surface area (Å²) in [6.45, 7) is 6.64. The lowest BCUT2D eigenvalue weighted by molar-refractivity contribution is -0.118. The fourth-order valence-electron chi connectivity index (χ4n) is 3.61. The highest BCUT2D eigenvalue weighted by Gasteiger charge is 2.15. The normalized spacial score (nSPS) is 14.0. The van der Waals surface area contributed by atoms with Gasteiger partial charge in [0.2, 0.25) is 0 Å². The van der Waals surface area contributed by atoms with Crippen LogP contribution in [0.5, 0.6) is 11.5 Å². The Labute approximate surface area is 200 Å². The Bertz CT molecular complexity index is 1050. The van der Waals surface area contributed by atoms with Gasteiger partial charge in [0.15, 0.2) is 12.4 Å². The summed E-state index contributed by atoms with van der Waals surface area (Å²) in [4.78, 5) is 16.8. The molecule has 1 saturated heterocycles. The molecule has 0 aliphatic carbocycles. The van der Waals surface area contributed by atoms with Crippen molar-refractivity contribution < 1.29 is 14.3 Å². The Balaban J connectivity index is 1.26. The van der Waals surface area contributed by atoms with Crippen LogP contribution in [0, 0.1) is 0 Å². The van der Waals surface area contributed by atoms with E-state index in [-0.39, 0.29) is 12.5 Å². The maximum absolute atomic E-state index is 12.3. The number of carbonyl (C=O) groups is 1. The number of rotatable bonds is 9. The first-order chi connectivity index (χ1) is 16.6. The zero-order valence-electron chi connectivity index (χ0n) is 19.7. The van der Waals surface area contributed by atoms with Crippen LogP contribution in [-0.2, 0) is 4.79 Å². The van der Waals surface area contributed by atoms with Gasteiger partial charge in [-0.15, -0.1) is 10.2 Å². The zero-order valence-corrected chi connectivity index (χ0v) is 19.7. The number of ether oxygens (including phenoxy) is 2. The number of benzene rings is 2. The van der Waals surface area contributed by atoms with Crippen molar-refractivity contribution in [1.82, 2.24) is 15.1 Å². The van der Waals surface area contributed by atoms with Crippen LogP contribution in [0.1, 0.15) is 13.3 Å². The maximum atomic E-state index is 12.3. The van der Waals surface area contributed by atoms with Crippen LogP contribution < -0.4 is 19.7 Å². The number of nitrogens with zero attached hydrogens (tertiary/aromatic N) is 4. The second-order valence-corrected chi connectivity index (χ2v) is 8.30. The molecule has 2 aromatic carbocycles. The van der Waals surface area contributed by atoms with Crippen molar-refractivity contribution in [2.75, 3.05) is 56.7 Å². The van der Waals surface area contributed by atoms with Gasteiger partial charge in [-0.05, 0) is 62.0 Å². The number of aromatic nitrogens is 2. The van der Waals surface area contributed by atoms with E-state index in [1.807, 2.05) is 48.5 Å². The Hall–Kier alpha value is -3.65. The molecular formula is C26H31N5O3. The minimum Gasteiger partial charge on any atom is -0.494 e. The van der Waals surface area contributed by atoms with Gasteiger partial charge in [-0.25, -0.2) is 0 Å². The van der Waals surface area contributed by atoms with Crippen LogP contribution in [0.2, 0.25) is 0 Å². The Morgan fingerprint density at radius 2 is 1.56 bits per heavy atom. The van der Waals surface area contributed by atoms with Crippen LogP contribution >= 0.6 is 0 Å². The third-order valence-corrected chi connectivity index (χ3v) is 5.61. The van der Waals surface area contributed by atoms with E-state index in [4.69, 9.17) is 9.47 Å². The van der Waals surface area contributed by atoms with Gasteiger partial charge in [0.1, 0.15) is 11.5 Å². The summed E-state index contributed by atoms with van der Waals surface area (Å²) in [6, 6.07) is 18.8. The highest BCUT2D eigenvalue weighted by Crippen LogP contribution is 2.22. The van der Waals surface area contributed by atoms with Gasteiger partial charge in [-0.2, -0.15) is 0 Å². The molecule has 4 rings (SSSR count).